The van der Waals surface area contributed by atoms with Crippen LogP contribution in [0.25, 0.3) is 0 Å². The van der Waals surface area contributed by atoms with Crippen LogP contribution in [-0.2, 0) is 0 Å². The molecule has 0 aliphatic rings. The molecule has 0 amide bonds. The van der Waals surface area contributed by atoms with Gasteiger partial charge in [-0.15, -0.1) is 0 Å². The summed E-state index contributed by atoms with van der Waals surface area (Å²) >= 11 is -2.29. The molecule has 1 aromatic carbocycles. The van der Waals surface area contributed by atoms with Crippen LogP contribution in [-0.4, -0.2) is 25.1 Å². The van der Waals surface area contributed by atoms with Crippen LogP contribution in [0.3, 0.4) is 0 Å². The fourth-order valence-corrected chi connectivity index (χ4v) is 18.9. The first-order valence-electron chi connectivity index (χ1n) is 8.40. The Morgan fingerprint density at radius 3 is 1.85 bits per heavy atom. The van der Waals surface area contributed by atoms with Crippen molar-refractivity contribution in [2.75, 3.05) is 6.67 Å². The minimum absolute atomic E-state index is 0.141. The van der Waals surface area contributed by atoms with E-state index in [1.807, 2.05) is 0 Å². The monoisotopic (exact) mass is 386 g/mol. The molecule has 0 heterocycles. The third kappa shape index (κ3) is 5.75. The van der Waals surface area contributed by atoms with Gasteiger partial charge in [-0.3, -0.25) is 0 Å². The van der Waals surface area contributed by atoms with Gasteiger partial charge in [-0.1, -0.05) is 0 Å². The molecule has 0 bridgehead atoms. The first-order valence-corrected chi connectivity index (χ1v) is 15.9. The molecule has 2 heteroatoms. The molecule has 0 aliphatic heterocycles. The van der Waals surface area contributed by atoms with Gasteiger partial charge < -0.3 is 0 Å². The fourth-order valence-electron chi connectivity index (χ4n) is 3.19. The Morgan fingerprint density at radius 2 is 1.35 bits per heavy atom. The SMILES string of the molecule is CCC[CH2][Sn]([CH2]CCC)([CH2]CCCF)[c]1ccccc1. The molecule has 1 rings (SSSR count). The van der Waals surface area contributed by atoms with Crippen molar-refractivity contribution in [3.8, 4) is 0 Å². The molecular formula is C18H31FSn. The second-order valence-electron chi connectivity index (χ2n) is 6.00. The van der Waals surface area contributed by atoms with Crippen molar-refractivity contribution in [1.82, 2.24) is 0 Å². The molecule has 1 aromatic rings. The molecule has 0 N–H and O–H groups in total. The number of hydrogen-bond acceptors (Lipinski definition) is 0. The molecule has 0 radical (unpaired) electrons. The van der Waals surface area contributed by atoms with Crippen LogP contribution >= 0.6 is 0 Å². The third-order valence-electron chi connectivity index (χ3n) is 4.44. The van der Waals surface area contributed by atoms with E-state index in [9.17, 15) is 4.39 Å². The summed E-state index contributed by atoms with van der Waals surface area (Å²) in [7, 11) is 0. The van der Waals surface area contributed by atoms with Crippen LogP contribution < -0.4 is 3.58 Å². The van der Waals surface area contributed by atoms with E-state index in [-0.39, 0.29) is 6.67 Å². The summed E-state index contributed by atoms with van der Waals surface area (Å²) in [6.07, 6.45) is 7.19. The molecule has 0 aromatic heterocycles. The third-order valence-corrected chi connectivity index (χ3v) is 20.1. The van der Waals surface area contributed by atoms with Gasteiger partial charge in [0.25, 0.3) is 0 Å². The van der Waals surface area contributed by atoms with E-state index in [4.69, 9.17) is 0 Å². The van der Waals surface area contributed by atoms with E-state index in [1.54, 1.807) is 3.58 Å². The Labute approximate surface area is 129 Å². The summed E-state index contributed by atoms with van der Waals surface area (Å²) in [4.78, 5) is 0. The van der Waals surface area contributed by atoms with Crippen LogP contribution in [0.4, 0.5) is 4.39 Å². The number of hydrogen-bond donors (Lipinski definition) is 0. The van der Waals surface area contributed by atoms with Crippen LogP contribution in [0, 0.1) is 0 Å². The van der Waals surface area contributed by atoms with E-state index >= 15 is 0 Å². The quantitative estimate of drug-likeness (QED) is 0.339. The van der Waals surface area contributed by atoms with Gasteiger partial charge in [0.05, 0.1) is 0 Å². The Balaban J connectivity index is 2.90. The number of rotatable bonds is 11. The molecule has 0 saturated carbocycles. The molecule has 0 saturated heterocycles. The Bertz CT molecular complexity index is 329. The van der Waals surface area contributed by atoms with E-state index in [0.29, 0.717) is 0 Å². The van der Waals surface area contributed by atoms with Gasteiger partial charge in [-0.25, -0.2) is 0 Å². The molecular weight excluding hydrogens is 354 g/mol. The minimum atomic E-state index is -2.29. The summed E-state index contributed by atoms with van der Waals surface area (Å²) in [5.41, 5.74) is 0. The zero-order valence-electron chi connectivity index (χ0n) is 13.3. The standard InChI is InChI=1S/C6H5.C4H8F.2C4H9.Sn/c1-2-4-6-5-3-1;1-2-3-4-5;2*1-3-4-2;/h1-5H;1-4H2;2*1,3-4H2,2H3;. The van der Waals surface area contributed by atoms with Crippen molar-refractivity contribution in [3.05, 3.63) is 30.3 Å². The Hall–Kier alpha value is -0.0513. The van der Waals surface area contributed by atoms with Gasteiger partial charge in [0.1, 0.15) is 0 Å². The van der Waals surface area contributed by atoms with Gasteiger partial charge in [0, 0.05) is 0 Å². The maximum atomic E-state index is 12.5. The second-order valence-corrected chi connectivity index (χ2v) is 19.2. The molecule has 0 fully saturated rings. The molecule has 114 valence electrons. The van der Waals surface area contributed by atoms with Crippen molar-refractivity contribution in [2.24, 2.45) is 0 Å². The van der Waals surface area contributed by atoms with Gasteiger partial charge in [0.15, 0.2) is 0 Å². The van der Waals surface area contributed by atoms with E-state index in [1.165, 1.54) is 39.0 Å². The summed E-state index contributed by atoms with van der Waals surface area (Å²) in [6, 6.07) is 11.3. The van der Waals surface area contributed by atoms with Crippen molar-refractivity contribution in [2.45, 2.75) is 65.7 Å². The van der Waals surface area contributed by atoms with Crippen molar-refractivity contribution in [3.63, 3.8) is 0 Å². The summed E-state index contributed by atoms with van der Waals surface area (Å²) < 4.78 is 18.5. The normalized spacial score (nSPS) is 11.8. The average molecular weight is 385 g/mol. The summed E-state index contributed by atoms with van der Waals surface area (Å²) in [6.45, 7) is 4.45. The fraction of sp³-hybridized carbons (Fsp3) is 0.667. The van der Waals surface area contributed by atoms with Crippen LogP contribution in [0.1, 0.15) is 52.4 Å². The van der Waals surface area contributed by atoms with Gasteiger partial charge >= 0.3 is 129 Å². The molecule has 0 spiro atoms. The van der Waals surface area contributed by atoms with E-state index in [2.05, 4.69) is 44.2 Å². The van der Waals surface area contributed by atoms with Gasteiger partial charge in [-0.2, -0.15) is 0 Å². The van der Waals surface area contributed by atoms with Gasteiger partial charge in [-0.05, 0) is 0 Å². The van der Waals surface area contributed by atoms with E-state index < -0.39 is 18.4 Å². The van der Waals surface area contributed by atoms with Crippen molar-refractivity contribution in [1.29, 1.82) is 0 Å². The van der Waals surface area contributed by atoms with Crippen molar-refractivity contribution < 1.29 is 4.39 Å². The Morgan fingerprint density at radius 1 is 0.800 bits per heavy atom. The molecule has 0 unspecified atom stereocenters. The summed E-state index contributed by atoms with van der Waals surface area (Å²) in [5.74, 6) is 0. The second kappa shape index (κ2) is 10.6. The van der Waals surface area contributed by atoms with Gasteiger partial charge in [0.2, 0.25) is 0 Å². The van der Waals surface area contributed by atoms with Crippen LogP contribution in [0.5, 0.6) is 0 Å². The number of benzene rings is 1. The number of halogens is 1. The number of unbranched alkanes of at least 4 members (excludes halogenated alkanes) is 3. The van der Waals surface area contributed by atoms with Crippen molar-refractivity contribution >= 4 is 22.0 Å². The molecule has 0 nitrogen and oxygen atoms in total. The first kappa shape index (κ1) is 18.0. The molecule has 20 heavy (non-hydrogen) atoms. The summed E-state index contributed by atoms with van der Waals surface area (Å²) in [5, 5.41) is 0. The number of alkyl halides is 1. The topological polar surface area (TPSA) is 0 Å². The van der Waals surface area contributed by atoms with Crippen LogP contribution in [0.2, 0.25) is 13.3 Å². The predicted octanol–water partition coefficient (Wildman–Crippen LogP) is 5.69. The average Bonchev–Trinajstić information content (AvgIpc) is 2.51. The van der Waals surface area contributed by atoms with Crippen LogP contribution in [0.15, 0.2) is 30.3 Å². The van der Waals surface area contributed by atoms with E-state index in [0.717, 1.165) is 12.8 Å². The predicted molar refractivity (Wildman–Crippen MR) is 91.3 cm³/mol. The Kier molecular flexibility index (Phi) is 9.58. The molecule has 0 aliphatic carbocycles. The molecule has 0 atom stereocenters. The maximum absolute atomic E-state index is 12.5. The first-order chi connectivity index (χ1) is 9.79. The zero-order valence-corrected chi connectivity index (χ0v) is 16.2. The zero-order chi connectivity index (χ0) is 14.7.